The van der Waals surface area contributed by atoms with Gasteiger partial charge < -0.3 is 11.5 Å². The molecule has 0 saturated carbocycles. The van der Waals surface area contributed by atoms with Crippen LogP contribution in [0.4, 0.5) is 11.4 Å². The Morgan fingerprint density at radius 2 is 1.24 bits per heavy atom. The average molecular weight is 571 g/mol. The third kappa shape index (κ3) is 5.52. The second-order valence-corrected chi connectivity index (χ2v) is 11.0. The molecule has 4 aromatic carbocycles. The molecule has 2 heterocycles. The Balaban J connectivity index is 0.000000220. The van der Waals surface area contributed by atoms with Gasteiger partial charge in [-0.25, -0.2) is 9.36 Å². The molecule has 10 nitrogen and oxygen atoms in total. The molecule has 10 heteroatoms. The van der Waals surface area contributed by atoms with Crippen molar-refractivity contribution >= 4 is 33.2 Å². The van der Waals surface area contributed by atoms with Crippen LogP contribution in [0.2, 0.25) is 0 Å². The molecule has 0 aliphatic heterocycles. The van der Waals surface area contributed by atoms with Crippen LogP contribution in [0.1, 0.15) is 53.7 Å². The summed E-state index contributed by atoms with van der Waals surface area (Å²) >= 11 is 0. The van der Waals surface area contributed by atoms with Crippen molar-refractivity contribution < 1.29 is 0 Å². The van der Waals surface area contributed by atoms with Crippen molar-refractivity contribution in [3.63, 3.8) is 0 Å². The monoisotopic (exact) mass is 570 g/mol. The zero-order valence-electron chi connectivity index (χ0n) is 22.8. The second kappa shape index (κ2) is 11.9. The van der Waals surface area contributed by atoms with Crippen molar-refractivity contribution in [1.29, 1.82) is 0 Å². The maximum atomic E-state index is 11.6. The normalized spacial score (nSPS) is 11.2. The number of hydrogen-bond acceptors (Lipinski definition) is 8. The molecule has 0 atom stereocenters. The first-order valence-electron chi connectivity index (χ1n) is 13.1. The molecule has 2 aromatic heterocycles. The summed E-state index contributed by atoms with van der Waals surface area (Å²) in [5.41, 5.74) is 13.1. The lowest BCUT2D eigenvalue weighted by Crippen LogP contribution is -2.38. The smallest absolute Gasteiger partial charge is 0.255 e. The van der Waals surface area contributed by atoms with Gasteiger partial charge in [0, 0.05) is 17.0 Å². The van der Waals surface area contributed by atoms with E-state index in [0.29, 0.717) is 11.8 Å². The number of aromatic nitrogens is 4. The highest BCUT2D eigenvalue weighted by Crippen LogP contribution is 2.22. The maximum Gasteiger partial charge on any atom is 0.255 e. The van der Waals surface area contributed by atoms with Crippen molar-refractivity contribution in [1.82, 2.24) is 19.6 Å². The highest BCUT2D eigenvalue weighted by molar-refractivity contribution is 5.83. The predicted octanol–water partition coefficient (Wildman–Crippen LogP) is 4.08. The first-order chi connectivity index (χ1) is 19.0. The predicted molar refractivity (Wildman–Crippen MR) is 171 cm³/mol. The van der Waals surface area contributed by atoms with Gasteiger partial charge in [-0.2, -0.15) is 10.2 Å². The molecule has 4 N–H and O–H groups in total. The van der Waals surface area contributed by atoms with E-state index in [9.17, 15) is 19.2 Å². The van der Waals surface area contributed by atoms with Crippen molar-refractivity contribution in [2.75, 3.05) is 11.5 Å². The van der Waals surface area contributed by atoms with Crippen LogP contribution in [0.5, 0.6) is 0 Å². The molecule has 0 saturated heterocycles. The molecule has 0 aliphatic rings. The molecular weight excluding hydrogens is 532 g/mol. The van der Waals surface area contributed by atoms with Gasteiger partial charge in [0.25, 0.3) is 21.7 Å². The zero-order chi connectivity index (χ0) is 28.9. The molecule has 0 amide bonds. The van der Waals surface area contributed by atoms with E-state index in [1.54, 1.807) is 12.4 Å². The molecule has 0 spiro atoms. The number of anilines is 2. The summed E-state index contributed by atoms with van der Waals surface area (Å²) in [7, 11) is 0. The summed E-state index contributed by atoms with van der Waals surface area (Å²) in [6.07, 6.45) is 5.32. The number of nitrogens with two attached hydrogens (primary N) is 2. The van der Waals surface area contributed by atoms with Gasteiger partial charge in [-0.15, -0.1) is 0 Å². The molecule has 0 radical (unpaired) electrons. The first-order valence-corrected chi connectivity index (χ1v) is 13.1. The van der Waals surface area contributed by atoms with Crippen LogP contribution in [-0.2, 0) is 12.8 Å². The standard InChI is InChI=1S/2C15H15N3O2.2CH4/c1-8(2)5-9-3-4-10-7-18(17-11(10)6-9)13-12(16)14(19)15(13)20;1-8(2)5-9-3-4-10-7-17-18(11(10)6-9)13-12(16)14(19)15(13)20;;/h2*3-4,6-8H,5,16H2,1-2H3;2*1H4. The minimum atomic E-state index is -0.625. The van der Waals surface area contributed by atoms with Crippen LogP contribution in [0, 0.1) is 11.8 Å². The summed E-state index contributed by atoms with van der Waals surface area (Å²) in [5, 5.41) is 10.4. The number of nitrogen functional groups attached to an aromatic ring is 2. The summed E-state index contributed by atoms with van der Waals surface area (Å²) in [6.45, 7) is 8.62. The van der Waals surface area contributed by atoms with Crippen molar-refractivity contribution in [2.24, 2.45) is 11.8 Å². The van der Waals surface area contributed by atoms with Gasteiger partial charge in [-0.05, 0) is 47.9 Å². The van der Waals surface area contributed by atoms with Crippen molar-refractivity contribution in [3.8, 4) is 11.4 Å². The largest absolute Gasteiger partial charge is 0.394 e. The molecule has 0 fully saturated rings. The van der Waals surface area contributed by atoms with Gasteiger partial charge in [0.05, 0.1) is 17.2 Å². The quantitative estimate of drug-likeness (QED) is 0.284. The minimum absolute atomic E-state index is 0. The molecule has 0 aliphatic carbocycles. The Hall–Kier alpha value is -4.86. The molecule has 6 aromatic rings. The Bertz CT molecular complexity index is 2020. The van der Waals surface area contributed by atoms with E-state index in [-0.39, 0.29) is 37.6 Å². The molecular formula is C32H38N6O4. The fourth-order valence-corrected chi connectivity index (χ4v) is 4.85. The van der Waals surface area contributed by atoms with Crippen LogP contribution in [-0.4, -0.2) is 19.6 Å². The van der Waals surface area contributed by atoms with Gasteiger partial charge in [-0.1, -0.05) is 66.8 Å². The van der Waals surface area contributed by atoms with Crippen LogP contribution >= 0.6 is 0 Å². The van der Waals surface area contributed by atoms with E-state index < -0.39 is 21.7 Å². The van der Waals surface area contributed by atoms with E-state index in [0.717, 1.165) is 34.6 Å². The van der Waals surface area contributed by atoms with E-state index in [4.69, 9.17) is 11.5 Å². The van der Waals surface area contributed by atoms with E-state index >= 15 is 0 Å². The molecule has 0 unspecified atom stereocenters. The topological polar surface area (TPSA) is 156 Å². The Morgan fingerprint density at radius 3 is 1.79 bits per heavy atom. The third-order valence-electron chi connectivity index (χ3n) is 6.78. The molecule has 220 valence electrons. The van der Waals surface area contributed by atoms with E-state index in [1.807, 2.05) is 24.3 Å². The van der Waals surface area contributed by atoms with E-state index in [1.165, 1.54) is 20.5 Å². The summed E-state index contributed by atoms with van der Waals surface area (Å²) < 4.78 is 2.88. The van der Waals surface area contributed by atoms with Crippen LogP contribution in [0.25, 0.3) is 33.2 Å². The lowest BCUT2D eigenvalue weighted by atomic mass is 10.0. The van der Waals surface area contributed by atoms with Crippen molar-refractivity contribution in [3.05, 3.63) is 101 Å². The van der Waals surface area contributed by atoms with Gasteiger partial charge in [0.15, 0.2) is 0 Å². The number of fused-ring (bicyclic) bond motifs is 2. The fourth-order valence-electron chi connectivity index (χ4n) is 4.85. The Kier molecular flexibility index (Phi) is 9.00. The van der Waals surface area contributed by atoms with Gasteiger partial charge in [0.2, 0.25) is 0 Å². The lowest BCUT2D eigenvalue weighted by molar-refractivity contribution is 0.647. The van der Waals surface area contributed by atoms with Gasteiger partial charge >= 0.3 is 0 Å². The maximum absolute atomic E-state index is 11.6. The number of hydrogen-bond donors (Lipinski definition) is 2. The number of benzene rings is 2. The SMILES string of the molecule is C.C.CC(C)Cc1ccc2cn(-c3c(N)c(=O)c3=O)nc2c1.CC(C)Cc1ccc2cnn(-c3c(N)c(=O)c3=O)c2c1. The molecule has 6 rings (SSSR count). The van der Waals surface area contributed by atoms with E-state index in [2.05, 4.69) is 50.0 Å². The highest BCUT2D eigenvalue weighted by atomic mass is 16.2. The molecule has 42 heavy (non-hydrogen) atoms. The van der Waals surface area contributed by atoms with Crippen LogP contribution < -0.4 is 33.2 Å². The average Bonchev–Trinajstić information content (AvgIpc) is 3.51. The summed E-state index contributed by atoms with van der Waals surface area (Å²) in [6, 6.07) is 12.1. The second-order valence-electron chi connectivity index (χ2n) is 11.0. The third-order valence-corrected chi connectivity index (χ3v) is 6.78. The zero-order valence-corrected chi connectivity index (χ0v) is 22.8. The Morgan fingerprint density at radius 1 is 0.714 bits per heavy atom. The first kappa shape index (κ1) is 31.7. The van der Waals surface area contributed by atoms with Gasteiger partial charge in [-0.3, -0.25) is 19.2 Å². The highest BCUT2D eigenvalue weighted by Gasteiger charge is 2.22. The summed E-state index contributed by atoms with van der Waals surface area (Å²) in [4.78, 5) is 45.5. The van der Waals surface area contributed by atoms with Gasteiger partial charge in [0.1, 0.15) is 22.7 Å². The van der Waals surface area contributed by atoms with Crippen LogP contribution in [0.15, 0.2) is 68.0 Å². The minimum Gasteiger partial charge on any atom is -0.394 e. The van der Waals surface area contributed by atoms with Crippen molar-refractivity contribution in [2.45, 2.75) is 55.4 Å². The lowest BCUT2D eigenvalue weighted by Gasteiger charge is -2.09. The van der Waals surface area contributed by atoms with Crippen LogP contribution in [0.3, 0.4) is 0 Å². The summed E-state index contributed by atoms with van der Waals surface area (Å²) in [5.74, 6) is 1.11. The fraction of sp³-hybridized carbons (Fsp3) is 0.312. The molecule has 0 bridgehead atoms. The Labute approximate surface area is 243 Å². The number of nitrogens with zero attached hydrogens (tertiary/aromatic N) is 4. The number of rotatable bonds is 6.